The fourth-order valence-electron chi connectivity index (χ4n) is 3.70. The van der Waals surface area contributed by atoms with Gasteiger partial charge in [-0.2, -0.15) is 0 Å². The summed E-state index contributed by atoms with van der Waals surface area (Å²) in [4.78, 5) is 32.7. The maximum Gasteiger partial charge on any atom is 0.238 e. The molecule has 1 aliphatic heterocycles. The molecular weight excluding hydrogens is 526 g/mol. The molecule has 4 rings (SSSR count). The molecule has 1 atom stereocenters. The van der Waals surface area contributed by atoms with Gasteiger partial charge >= 0.3 is 0 Å². The molecular formula is C27H26BrN3O3S. The molecule has 0 radical (unpaired) electrons. The number of aryl methyl sites for hydroxylation is 1. The lowest BCUT2D eigenvalue weighted by molar-refractivity contribution is -0.129. The third kappa shape index (κ3) is 6.96. The standard InChI is InChI=1S/C27H26BrN3O3S/c1-34-23-14-12-21(13-15-23)30-27-31(16-6-9-19-7-3-2-4-8-19)25(32)18-24(35-27)26(33)29-22-11-5-10-20(28)17-22/h2-5,7-8,10-15,17,24H,6,9,16,18H2,1H3,(H,29,33). The molecule has 8 heteroatoms. The Morgan fingerprint density at radius 2 is 1.89 bits per heavy atom. The number of hydrogen-bond donors (Lipinski definition) is 1. The lowest BCUT2D eigenvalue weighted by Gasteiger charge is -2.32. The molecule has 2 amide bonds. The van der Waals surface area contributed by atoms with Crippen LogP contribution in [0.5, 0.6) is 5.75 Å². The third-order valence-electron chi connectivity index (χ3n) is 5.51. The van der Waals surface area contributed by atoms with Crippen LogP contribution in [0.4, 0.5) is 11.4 Å². The van der Waals surface area contributed by atoms with E-state index in [0.717, 1.165) is 23.1 Å². The zero-order chi connectivity index (χ0) is 24.6. The molecule has 6 nitrogen and oxygen atoms in total. The monoisotopic (exact) mass is 551 g/mol. The highest BCUT2D eigenvalue weighted by atomic mass is 79.9. The maximum atomic E-state index is 13.2. The van der Waals surface area contributed by atoms with Gasteiger partial charge in [0.15, 0.2) is 5.17 Å². The van der Waals surface area contributed by atoms with Gasteiger partial charge in [0.05, 0.1) is 12.8 Å². The van der Waals surface area contributed by atoms with Gasteiger partial charge in [0.2, 0.25) is 11.8 Å². The first-order chi connectivity index (χ1) is 17.0. The molecule has 1 aliphatic rings. The van der Waals surface area contributed by atoms with Gasteiger partial charge in [-0.25, -0.2) is 4.99 Å². The highest BCUT2D eigenvalue weighted by Gasteiger charge is 2.35. The molecule has 1 fully saturated rings. The number of thioether (sulfide) groups is 1. The number of hydrogen-bond acceptors (Lipinski definition) is 5. The quantitative estimate of drug-likeness (QED) is 0.370. The van der Waals surface area contributed by atoms with Crippen molar-refractivity contribution in [2.24, 2.45) is 4.99 Å². The Morgan fingerprint density at radius 3 is 2.60 bits per heavy atom. The summed E-state index contributed by atoms with van der Waals surface area (Å²) < 4.78 is 6.10. The molecule has 0 spiro atoms. The van der Waals surface area contributed by atoms with E-state index in [2.05, 4.69) is 33.4 Å². The average molecular weight is 552 g/mol. The van der Waals surface area contributed by atoms with Crippen LogP contribution in [0.2, 0.25) is 0 Å². The number of nitrogens with zero attached hydrogens (tertiary/aromatic N) is 2. The van der Waals surface area contributed by atoms with Crippen molar-refractivity contribution in [1.29, 1.82) is 0 Å². The van der Waals surface area contributed by atoms with E-state index in [1.165, 1.54) is 17.3 Å². The van der Waals surface area contributed by atoms with Crippen LogP contribution in [-0.4, -0.2) is 40.8 Å². The van der Waals surface area contributed by atoms with E-state index in [1.807, 2.05) is 66.7 Å². The molecule has 3 aromatic carbocycles. The number of amides is 2. The van der Waals surface area contributed by atoms with Gasteiger partial charge in [0, 0.05) is 23.1 Å². The summed E-state index contributed by atoms with van der Waals surface area (Å²) in [7, 11) is 1.61. The first-order valence-corrected chi connectivity index (χ1v) is 13.0. The number of anilines is 1. The predicted octanol–water partition coefficient (Wildman–Crippen LogP) is 6.05. The van der Waals surface area contributed by atoms with Crippen LogP contribution < -0.4 is 10.1 Å². The zero-order valence-corrected chi connectivity index (χ0v) is 21.7. The summed E-state index contributed by atoms with van der Waals surface area (Å²) in [6.45, 7) is 0.537. The largest absolute Gasteiger partial charge is 0.497 e. The van der Waals surface area contributed by atoms with Crippen molar-refractivity contribution in [2.45, 2.75) is 24.5 Å². The number of aliphatic imine (C=N–C) groups is 1. The minimum absolute atomic E-state index is 0.0986. The fraction of sp³-hybridized carbons (Fsp3) is 0.222. The van der Waals surface area contributed by atoms with Gasteiger partial charge in [-0.05, 0) is 60.9 Å². The van der Waals surface area contributed by atoms with E-state index in [1.54, 1.807) is 12.0 Å². The van der Waals surface area contributed by atoms with Crippen molar-refractivity contribution in [1.82, 2.24) is 4.90 Å². The Morgan fingerprint density at radius 1 is 1.11 bits per heavy atom. The smallest absolute Gasteiger partial charge is 0.238 e. The number of methoxy groups -OCH3 is 1. The van der Waals surface area contributed by atoms with Gasteiger partial charge < -0.3 is 10.1 Å². The van der Waals surface area contributed by atoms with Crippen LogP contribution in [0.25, 0.3) is 0 Å². The van der Waals surface area contributed by atoms with Crippen LogP contribution in [0.15, 0.2) is 88.3 Å². The maximum absolute atomic E-state index is 13.2. The summed E-state index contributed by atoms with van der Waals surface area (Å²) in [6, 6.07) is 24.9. The molecule has 1 heterocycles. The number of carbonyl (C=O) groups excluding carboxylic acids is 2. The Bertz CT molecular complexity index is 1200. The molecule has 3 aromatic rings. The molecule has 1 N–H and O–H groups in total. The number of halogens is 1. The number of amidine groups is 1. The number of ether oxygens (including phenoxy) is 1. The summed E-state index contributed by atoms with van der Waals surface area (Å²) >= 11 is 4.74. The second-order valence-electron chi connectivity index (χ2n) is 8.04. The van der Waals surface area contributed by atoms with Crippen LogP contribution in [-0.2, 0) is 16.0 Å². The van der Waals surface area contributed by atoms with E-state index in [4.69, 9.17) is 9.73 Å². The highest BCUT2D eigenvalue weighted by molar-refractivity contribution is 9.10. The van der Waals surface area contributed by atoms with Crippen LogP contribution >= 0.6 is 27.7 Å². The lowest BCUT2D eigenvalue weighted by Crippen LogP contribution is -2.45. The normalized spacial score (nSPS) is 16.9. The van der Waals surface area contributed by atoms with E-state index >= 15 is 0 Å². The minimum Gasteiger partial charge on any atom is -0.497 e. The van der Waals surface area contributed by atoms with Gasteiger partial charge in [-0.15, -0.1) is 0 Å². The topological polar surface area (TPSA) is 71.0 Å². The molecule has 35 heavy (non-hydrogen) atoms. The van der Waals surface area contributed by atoms with Crippen molar-refractivity contribution in [3.8, 4) is 5.75 Å². The Balaban J connectivity index is 1.51. The number of nitrogens with one attached hydrogen (secondary N) is 1. The summed E-state index contributed by atoms with van der Waals surface area (Å²) in [5.41, 5.74) is 2.60. The van der Waals surface area contributed by atoms with Gasteiger partial charge in [-0.1, -0.05) is 64.1 Å². The van der Waals surface area contributed by atoms with Crippen molar-refractivity contribution in [2.75, 3.05) is 19.0 Å². The summed E-state index contributed by atoms with van der Waals surface area (Å²) in [5, 5.41) is 2.89. The first-order valence-electron chi connectivity index (χ1n) is 11.3. The first kappa shape index (κ1) is 25.0. The van der Waals surface area contributed by atoms with Crippen molar-refractivity contribution < 1.29 is 14.3 Å². The molecule has 1 saturated heterocycles. The minimum atomic E-state index is -0.566. The second-order valence-corrected chi connectivity index (χ2v) is 10.1. The van der Waals surface area contributed by atoms with E-state index < -0.39 is 5.25 Å². The van der Waals surface area contributed by atoms with Crippen molar-refractivity contribution in [3.05, 3.63) is 88.9 Å². The number of carbonyl (C=O) groups is 2. The molecule has 0 bridgehead atoms. The summed E-state index contributed by atoms with van der Waals surface area (Å²) in [5.74, 6) is 0.415. The average Bonchev–Trinajstić information content (AvgIpc) is 2.86. The van der Waals surface area contributed by atoms with Crippen LogP contribution in [0, 0.1) is 0 Å². The highest BCUT2D eigenvalue weighted by Crippen LogP contribution is 2.31. The van der Waals surface area contributed by atoms with Gasteiger partial charge in [0.1, 0.15) is 11.0 Å². The van der Waals surface area contributed by atoms with Crippen LogP contribution in [0.3, 0.4) is 0 Å². The zero-order valence-electron chi connectivity index (χ0n) is 19.3. The van der Waals surface area contributed by atoms with Crippen molar-refractivity contribution >= 4 is 56.0 Å². The fourth-order valence-corrected chi connectivity index (χ4v) is 5.23. The molecule has 0 aromatic heterocycles. The summed E-state index contributed by atoms with van der Waals surface area (Å²) in [6.07, 6.45) is 1.78. The Labute approximate surface area is 217 Å². The van der Waals surface area contributed by atoms with Gasteiger partial charge in [0.25, 0.3) is 0 Å². The lowest BCUT2D eigenvalue weighted by atomic mass is 10.1. The molecule has 180 valence electrons. The molecule has 1 unspecified atom stereocenters. The van der Waals surface area contributed by atoms with Crippen molar-refractivity contribution in [3.63, 3.8) is 0 Å². The van der Waals surface area contributed by atoms with E-state index in [0.29, 0.717) is 23.1 Å². The SMILES string of the molecule is COc1ccc(N=C2SC(C(=O)Nc3cccc(Br)c3)CC(=O)N2CCCc2ccccc2)cc1. The second kappa shape index (κ2) is 12.0. The van der Waals surface area contributed by atoms with Crippen LogP contribution in [0.1, 0.15) is 18.4 Å². The van der Waals surface area contributed by atoms with Gasteiger partial charge in [-0.3, -0.25) is 14.5 Å². The third-order valence-corrected chi connectivity index (χ3v) is 7.19. The van der Waals surface area contributed by atoms with E-state index in [9.17, 15) is 9.59 Å². The predicted molar refractivity (Wildman–Crippen MR) is 145 cm³/mol. The Kier molecular flexibility index (Phi) is 8.60. The molecule has 0 aliphatic carbocycles. The number of benzene rings is 3. The Hall–Kier alpha value is -3.10. The number of rotatable bonds is 8. The van der Waals surface area contributed by atoms with E-state index in [-0.39, 0.29) is 18.2 Å². The molecule has 0 saturated carbocycles.